The van der Waals surface area contributed by atoms with Gasteiger partial charge in [0.15, 0.2) is 5.65 Å². The van der Waals surface area contributed by atoms with Crippen LogP contribution in [0.2, 0.25) is 0 Å². The molecule has 2 amide bonds. The molecule has 0 atom stereocenters. The first-order valence-corrected chi connectivity index (χ1v) is 11.2. The summed E-state index contributed by atoms with van der Waals surface area (Å²) in [6.07, 6.45) is 1.39. The van der Waals surface area contributed by atoms with E-state index >= 15 is 0 Å². The van der Waals surface area contributed by atoms with Crippen molar-refractivity contribution in [3.63, 3.8) is 0 Å². The van der Waals surface area contributed by atoms with Crippen molar-refractivity contribution in [1.29, 1.82) is 0 Å². The van der Waals surface area contributed by atoms with Gasteiger partial charge < -0.3 is 14.5 Å². The van der Waals surface area contributed by atoms with Gasteiger partial charge in [-0.3, -0.25) is 4.79 Å². The first-order chi connectivity index (χ1) is 14.7. The van der Waals surface area contributed by atoms with Gasteiger partial charge in [0.1, 0.15) is 5.60 Å². The van der Waals surface area contributed by atoms with Crippen molar-refractivity contribution < 1.29 is 14.3 Å². The highest BCUT2D eigenvalue weighted by atomic mass is 32.1. The smallest absolute Gasteiger partial charge is 0.410 e. The molecule has 0 aliphatic carbocycles. The molecular weight excluding hydrogens is 414 g/mol. The normalized spacial score (nSPS) is 14.8. The molecule has 0 radical (unpaired) electrons. The van der Waals surface area contributed by atoms with Gasteiger partial charge in [0.25, 0.3) is 5.91 Å². The van der Waals surface area contributed by atoms with Crippen molar-refractivity contribution in [1.82, 2.24) is 24.6 Å². The number of ether oxygens (including phenoxy) is 1. The molecular formula is C22H27N5O3S. The standard InChI is InChI=1S/C22H27N5O3S/c1-15-12-17(18-13-23-27(19(18)24-15)14-16-6-5-11-31-16)20(28)25-7-9-26(10-8-25)21(29)30-22(2,3)4/h5-6,11-13H,7-10,14H2,1-4H3. The molecule has 0 N–H and O–H groups in total. The monoisotopic (exact) mass is 441 g/mol. The number of pyridine rings is 1. The Balaban J connectivity index is 1.51. The number of amides is 2. The number of hydrogen-bond acceptors (Lipinski definition) is 6. The van der Waals surface area contributed by atoms with Gasteiger partial charge in [-0.2, -0.15) is 5.10 Å². The molecule has 0 bridgehead atoms. The Kier molecular flexibility index (Phi) is 5.70. The van der Waals surface area contributed by atoms with Crippen molar-refractivity contribution in [2.24, 2.45) is 0 Å². The first-order valence-electron chi connectivity index (χ1n) is 10.3. The van der Waals surface area contributed by atoms with Crippen LogP contribution in [0.25, 0.3) is 11.0 Å². The molecule has 0 unspecified atom stereocenters. The van der Waals surface area contributed by atoms with Crippen LogP contribution in [0.4, 0.5) is 4.79 Å². The molecule has 1 fully saturated rings. The fourth-order valence-corrected chi connectivity index (χ4v) is 4.29. The predicted octanol–water partition coefficient (Wildman–Crippen LogP) is 3.54. The van der Waals surface area contributed by atoms with E-state index in [4.69, 9.17) is 4.74 Å². The molecule has 4 heterocycles. The molecule has 1 saturated heterocycles. The Morgan fingerprint density at radius 3 is 2.52 bits per heavy atom. The number of carbonyl (C=O) groups excluding carboxylic acids is 2. The topological polar surface area (TPSA) is 80.6 Å². The highest BCUT2D eigenvalue weighted by Gasteiger charge is 2.29. The van der Waals surface area contributed by atoms with Gasteiger partial charge in [0, 0.05) is 36.8 Å². The maximum absolute atomic E-state index is 13.3. The molecule has 3 aromatic heterocycles. The minimum absolute atomic E-state index is 0.0602. The molecule has 8 nitrogen and oxygen atoms in total. The van der Waals surface area contributed by atoms with Crippen LogP contribution in [0.5, 0.6) is 0 Å². The molecule has 164 valence electrons. The largest absolute Gasteiger partial charge is 0.444 e. The summed E-state index contributed by atoms with van der Waals surface area (Å²) < 4.78 is 7.28. The summed E-state index contributed by atoms with van der Waals surface area (Å²) in [5, 5.41) is 7.27. The number of hydrogen-bond donors (Lipinski definition) is 0. The number of carbonyl (C=O) groups is 2. The third kappa shape index (κ3) is 4.71. The van der Waals surface area contributed by atoms with Crippen LogP contribution < -0.4 is 0 Å². The Labute approximate surface area is 185 Å². The van der Waals surface area contributed by atoms with Gasteiger partial charge in [0.2, 0.25) is 0 Å². The maximum Gasteiger partial charge on any atom is 0.410 e. The SMILES string of the molecule is Cc1cc(C(=O)N2CCN(C(=O)OC(C)(C)C)CC2)c2cnn(Cc3cccs3)c2n1. The van der Waals surface area contributed by atoms with E-state index in [9.17, 15) is 9.59 Å². The molecule has 4 rings (SSSR count). The second kappa shape index (κ2) is 8.30. The third-order valence-electron chi connectivity index (χ3n) is 5.07. The van der Waals surface area contributed by atoms with Crippen molar-refractivity contribution in [2.45, 2.75) is 39.8 Å². The summed E-state index contributed by atoms with van der Waals surface area (Å²) in [5.74, 6) is -0.0602. The number of piperazine rings is 1. The first kappa shape index (κ1) is 21.3. The molecule has 1 aliphatic heterocycles. The zero-order valence-corrected chi connectivity index (χ0v) is 19.1. The van der Waals surface area contributed by atoms with Gasteiger partial charge in [-0.25, -0.2) is 14.5 Å². The molecule has 0 saturated carbocycles. The number of rotatable bonds is 3. The summed E-state index contributed by atoms with van der Waals surface area (Å²) in [6.45, 7) is 9.88. The van der Waals surface area contributed by atoms with E-state index in [0.717, 1.165) is 11.1 Å². The molecule has 1 aliphatic rings. The van der Waals surface area contributed by atoms with Gasteiger partial charge in [-0.1, -0.05) is 6.07 Å². The molecule has 0 spiro atoms. The minimum atomic E-state index is -0.534. The van der Waals surface area contributed by atoms with Crippen LogP contribution in [0.3, 0.4) is 0 Å². The Morgan fingerprint density at radius 1 is 1.16 bits per heavy atom. The number of fused-ring (bicyclic) bond motifs is 1. The van der Waals surface area contributed by atoms with Crippen LogP contribution in [-0.2, 0) is 11.3 Å². The maximum atomic E-state index is 13.3. The quantitative estimate of drug-likeness (QED) is 0.621. The van der Waals surface area contributed by atoms with Crippen LogP contribution >= 0.6 is 11.3 Å². The summed E-state index contributed by atoms with van der Waals surface area (Å²) in [6, 6.07) is 5.89. The summed E-state index contributed by atoms with van der Waals surface area (Å²) in [4.78, 5) is 34.9. The Hall–Kier alpha value is -2.94. The van der Waals surface area contributed by atoms with E-state index in [1.54, 1.807) is 27.3 Å². The molecule has 31 heavy (non-hydrogen) atoms. The summed E-state index contributed by atoms with van der Waals surface area (Å²) >= 11 is 1.67. The van der Waals surface area contributed by atoms with E-state index in [1.165, 1.54) is 4.88 Å². The predicted molar refractivity (Wildman–Crippen MR) is 119 cm³/mol. The summed E-state index contributed by atoms with van der Waals surface area (Å²) in [5.41, 5.74) is 1.55. The third-order valence-corrected chi connectivity index (χ3v) is 5.93. The average Bonchev–Trinajstić information content (AvgIpc) is 3.36. The fraction of sp³-hybridized carbons (Fsp3) is 0.455. The highest BCUT2D eigenvalue weighted by Crippen LogP contribution is 2.22. The zero-order valence-electron chi connectivity index (χ0n) is 18.3. The second-order valence-corrected chi connectivity index (χ2v) is 9.72. The average molecular weight is 442 g/mol. The van der Waals surface area contributed by atoms with E-state index in [-0.39, 0.29) is 12.0 Å². The number of aryl methyl sites for hydroxylation is 1. The van der Waals surface area contributed by atoms with E-state index < -0.39 is 5.60 Å². The van der Waals surface area contributed by atoms with Crippen LogP contribution in [0.15, 0.2) is 29.8 Å². The zero-order chi connectivity index (χ0) is 22.2. The minimum Gasteiger partial charge on any atom is -0.444 e. The molecule has 9 heteroatoms. The Bertz CT molecular complexity index is 1090. The van der Waals surface area contributed by atoms with Crippen LogP contribution in [-0.4, -0.2) is 68.3 Å². The van der Waals surface area contributed by atoms with Crippen LogP contribution in [0.1, 0.15) is 41.7 Å². The number of nitrogens with zero attached hydrogens (tertiary/aromatic N) is 5. The van der Waals surface area contributed by atoms with Crippen molar-refractivity contribution >= 4 is 34.4 Å². The second-order valence-electron chi connectivity index (χ2n) is 8.69. The summed E-state index contributed by atoms with van der Waals surface area (Å²) in [7, 11) is 0. The van der Waals surface area contributed by atoms with E-state index in [0.29, 0.717) is 43.9 Å². The Morgan fingerprint density at radius 2 is 1.87 bits per heavy atom. The molecule has 3 aromatic rings. The lowest BCUT2D eigenvalue weighted by Gasteiger charge is -2.35. The lowest BCUT2D eigenvalue weighted by Crippen LogP contribution is -2.51. The van der Waals surface area contributed by atoms with Gasteiger partial charge in [-0.15, -0.1) is 11.3 Å². The lowest BCUT2D eigenvalue weighted by atomic mass is 10.1. The number of aromatic nitrogens is 3. The van der Waals surface area contributed by atoms with Crippen molar-refractivity contribution in [3.8, 4) is 0 Å². The van der Waals surface area contributed by atoms with Crippen LogP contribution in [0, 0.1) is 6.92 Å². The van der Waals surface area contributed by atoms with Gasteiger partial charge >= 0.3 is 6.09 Å². The highest BCUT2D eigenvalue weighted by molar-refractivity contribution is 7.09. The van der Waals surface area contributed by atoms with Gasteiger partial charge in [-0.05, 0) is 45.2 Å². The molecule has 0 aromatic carbocycles. The number of thiophene rings is 1. The fourth-order valence-electron chi connectivity index (χ4n) is 3.60. The van der Waals surface area contributed by atoms with Gasteiger partial charge in [0.05, 0.1) is 23.7 Å². The van der Waals surface area contributed by atoms with E-state index in [1.807, 2.05) is 49.9 Å². The van der Waals surface area contributed by atoms with Crippen molar-refractivity contribution in [2.75, 3.05) is 26.2 Å². The lowest BCUT2D eigenvalue weighted by molar-refractivity contribution is 0.0141. The van der Waals surface area contributed by atoms with E-state index in [2.05, 4.69) is 16.1 Å². The van der Waals surface area contributed by atoms with Crippen molar-refractivity contribution in [3.05, 3.63) is 45.9 Å².